The van der Waals surface area contributed by atoms with Gasteiger partial charge in [-0.15, -0.1) is 0 Å². The zero-order valence-electron chi connectivity index (χ0n) is 9.91. The topological polar surface area (TPSA) is 55.4 Å². The van der Waals surface area contributed by atoms with Crippen LogP contribution in [0.15, 0.2) is 0 Å². The summed E-state index contributed by atoms with van der Waals surface area (Å²) in [5, 5.41) is 3.13. The van der Waals surface area contributed by atoms with Gasteiger partial charge in [0.2, 0.25) is 0 Å². The van der Waals surface area contributed by atoms with Crippen molar-refractivity contribution >= 4 is 9.84 Å². The minimum Gasteiger partial charge on any atom is -0.381 e. The molecule has 0 radical (unpaired) electrons. The highest BCUT2D eigenvalue weighted by Gasteiger charge is 2.43. The molecule has 1 aliphatic heterocycles. The quantitative estimate of drug-likeness (QED) is 0.768. The van der Waals surface area contributed by atoms with Gasteiger partial charge in [-0.2, -0.15) is 0 Å². The average Bonchev–Trinajstić information content (AvgIpc) is 2.55. The number of sulfone groups is 1. The van der Waals surface area contributed by atoms with E-state index in [1.54, 1.807) is 13.8 Å². The summed E-state index contributed by atoms with van der Waals surface area (Å²) in [6.45, 7) is 4.96. The molecule has 5 heteroatoms. The van der Waals surface area contributed by atoms with Crippen LogP contribution in [0.2, 0.25) is 0 Å². The molecule has 1 saturated heterocycles. The van der Waals surface area contributed by atoms with Gasteiger partial charge in [-0.05, 0) is 27.3 Å². The molecule has 0 aromatic rings. The first-order valence-electron chi connectivity index (χ1n) is 5.25. The number of nitrogens with one attached hydrogen (secondary N) is 1. The Morgan fingerprint density at radius 1 is 1.47 bits per heavy atom. The molecule has 0 saturated carbocycles. The fourth-order valence-corrected chi connectivity index (χ4v) is 2.97. The number of hydrogen-bond donors (Lipinski definition) is 1. The highest BCUT2D eigenvalue weighted by Crippen LogP contribution is 2.29. The van der Waals surface area contributed by atoms with Crippen LogP contribution in [-0.4, -0.2) is 45.7 Å². The van der Waals surface area contributed by atoms with Gasteiger partial charge in [-0.3, -0.25) is 0 Å². The predicted molar refractivity (Wildman–Crippen MR) is 60.7 cm³/mol. The van der Waals surface area contributed by atoms with E-state index in [2.05, 4.69) is 5.32 Å². The summed E-state index contributed by atoms with van der Waals surface area (Å²) >= 11 is 0. The Kier molecular flexibility index (Phi) is 3.79. The Morgan fingerprint density at radius 3 is 2.40 bits per heavy atom. The van der Waals surface area contributed by atoms with Crippen LogP contribution in [0.5, 0.6) is 0 Å². The molecule has 1 N–H and O–H groups in total. The van der Waals surface area contributed by atoms with Crippen LogP contribution in [0.25, 0.3) is 0 Å². The van der Waals surface area contributed by atoms with Gasteiger partial charge in [-0.1, -0.05) is 0 Å². The zero-order chi connectivity index (χ0) is 11.7. The molecule has 1 aliphatic rings. The van der Waals surface area contributed by atoms with Crippen molar-refractivity contribution in [3.63, 3.8) is 0 Å². The summed E-state index contributed by atoms with van der Waals surface area (Å²) in [6.07, 6.45) is 2.23. The van der Waals surface area contributed by atoms with E-state index in [0.29, 0.717) is 12.5 Å². The molecule has 2 atom stereocenters. The predicted octanol–water partition coefficient (Wildman–Crippen LogP) is 0.434. The van der Waals surface area contributed by atoms with Crippen molar-refractivity contribution in [1.82, 2.24) is 5.32 Å². The number of ether oxygens (including phenoxy) is 1. The van der Waals surface area contributed by atoms with Crippen LogP contribution in [0, 0.1) is 5.92 Å². The van der Waals surface area contributed by atoms with Crippen molar-refractivity contribution in [2.75, 3.05) is 26.5 Å². The molecule has 0 aromatic heterocycles. The van der Waals surface area contributed by atoms with Crippen LogP contribution in [-0.2, 0) is 14.6 Å². The van der Waals surface area contributed by atoms with Crippen LogP contribution in [0.1, 0.15) is 20.3 Å². The normalized spacial score (nSPS) is 25.5. The molecule has 90 valence electrons. The van der Waals surface area contributed by atoms with E-state index in [4.69, 9.17) is 4.74 Å². The second kappa shape index (κ2) is 4.39. The highest BCUT2D eigenvalue weighted by molar-refractivity contribution is 7.92. The lowest BCUT2D eigenvalue weighted by Gasteiger charge is -2.36. The average molecular weight is 235 g/mol. The van der Waals surface area contributed by atoms with Gasteiger partial charge < -0.3 is 10.1 Å². The molecule has 0 amide bonds. The van der Waals surface area contributed by atoms with Gasteiger partial charge in [0, 0.05) is 24.8 Å². The van der Waals surface area contributed by atoms with E-state index in [1.165, 1.54) is 6.26 Å². The third kappa shape index (κ3) is 2.52. The summed E-state index contributed by atoms with van der Waals surface area (Å²) in [5.74, 6) is 0.291. The van der Waals surface area contributed by atoms with Gasteiger partial charge >= 0.3 is 0 Å². The smallest absolute Gasteiger partial charge is 0.154 e. The molecule has 2 unspecified atom stereocenters. The Labute approximate surface area is 92.3 Å². The van der Waals surface area contributed by atoms with E-state index in [1.807, 2.05) is 7.05 Å². The first-order valence-corrected chi connectivity index (χ1v) is 7.14. The van der Waals surface area contributed by atoms with Crippen LogP contribution in [0.4, 0.5) is 0 Å². The molecule has 1 rings (SSSR count). The van der Waals surface area contributed by atoms with Gasteiger partial charge in [0.15, 0.2) is 9.84 Å². The SMILES string of the molecule is CNC(C1CCOC1)C(C)(C)S(C)(=O)=O. The second-order valence-electron chi connectivity index (χ2n) is 4.77. The van der Waals surface area contributed by atoms with Crippen molar-refractivity contribution in [3.05, 3.63) is 0 Å². The second-order valence-corrected chi connectivity index (χ2v) is 7.36. The van der Waals surface area contributed by atoms with Crippen LogP contribution in [0.3, 0.4) is 0 Å². The zero-order valence-corrected chi connectivity index (χ0v) is 10.7. The summed E-state index contributed by atoms with van der Waals surface area (Å²) in [5.41, 5.74) is 0. The Balaban J connectivity index is 2.90. The molecule has 4 nitrogen and oxygen atoms in total. The maximum absolute atomic E-state index is 11.7. The Hall–Kier alpha value is -0.130. The maximum atomic E-state index is 11.7. The minimum absolute atomic E-state index is 0.0463. The van der Waals surface area contributed by atoms with E-state index in [9.17, 15) is 8.42 Å². The summed E-state index contributed by atoms with van der Waals surface area (Å²) in [7, 11) is -1.25. The fourth-order valence-electron chi connectivity index (χ4n) is 2.20. The van der Waals surface area contributed by atoms with E-state index in [-0.39, 0.29) is 6.04 Å². The van der Waals surface area contributed by atoms with E-state index < -0.39 is 14.6 Å². The summed E-state index contributed by atoms with van der Waals surface area (Å²) in [6, 6.07) is -0.0463. The number of hydrogen-bond acceptors (Lipinski definition) is 4. The monoisotopic (exact) mass is 235 g/mol. The van der Waals surface area contributed by atoms with Crippen molar-refractivity contribution in [2.45, 2.75) is 31.1 Å². The molecular weight excluding hydrogens is 214 g/mol. The van der Waals surface area contributed by atoms with Crippen molar-refractivity contribution in [1.29, 1.82) is 0 Å². The molecule has 0 bridgehead atoms. The first-order chi connectivity index (χ1) is 6.80. The lowest BCUT2D eigenvalue weighted by atomic mass is 9.89. The first kappa shape index (κ1) is 12.9. The highest BCUT2D eigenvalue weighted by atomic mass is 32.2. The van der Waals surface area contributed by atoms with Crippen molar-refractivity contribution in [2.24, 2.45) is 5.92 Å². The molecule has 0 aliphatic carbocycles. The lowest BCUT2D eigenvalue weighted by Crippen LogP contribution is -2.54. The summed E-state index contributed by atoms with van der Waals surface area (Å²) in [4.78, 5) is 0. The third-order valence-corrected chi connectivity index (χ3v) is 5.62. The summed E-state index contributed by atoms with van der Waals surface area (Å²) < 4.78 is 28.0. The largest absolute Gasteiger partial charge is 0.381 e. The molecule has 1 heterocycles. The lowest BCUT2D eigenvalue weighted by molar-refractivity contribution is 0.172. The standard InChI is InChI=1S/C10H21NO3S/c1-10(2,15(4,12)13)9(11-3)8-5-6-14-7-8/h8-9,11H,5-7H2,1-4H3. The van der Waals surface area contributed by atoms with E-state index in [0.717, 1.165) is 13.0 Å². The third-order valence-electron chi connectivity index (χ3n) is 3.45. The van der Waals surface area contributed by atoms with Crippen molar-refractivity contribution in [3.8, 4) is 0 Å². The minimum atomic E-state index is -3.07. The van der Waals surface area contributed by atoms with Crippen LogP contribution < -0.4 is 5.32 Å². The van der Waals surface area contributed by atoms with E-state index >= 15 is 0 Å². The fraction of sp³-hybridized carbons (Fsp3) is 1.00. The van der Waals surface area contributed by atoms with Gasteiger partial charge in [0.1, 0.15) is 0 Å². The maximum Gasteiger partial charge on any atom is 0.154 e. The molecular formula is C10H21NO3S. The van der Waals surface area contributed by atoms with Gasteiger partial charge in [0.05, 0.1) is 11.4 Å². The Morgan fingerprint density at radius 2 is 2.07 bits per heavy atom. The number of rotatable bonds is 4. The van der Waals surface area contributed by atoms with Gasteiger partial charge in [0.25, 0.3) is 0 Å². The molecule has 0 spiro atoms. The van der Waals surface area contributed by atoms with Crippen LogP contribution >= 0.6 is 0 Å². The Bertz CT molecular complexity index is 305. The van der Waals surface area contributed by atoms with Crippen molar-refractivity contribution < 1.29 is 13.2 Å². The molecule has 15 heavy (non-hydrogen) atoms. The molecule has 1 fully saturated rings. The van der Waals surface area contributed by atoms with Gasteiger partial charge in [-0.25, -0.2) is 8.42 Å². The molecule has 0 aromatic carbocycles.